The topological polar surface area (TPSA) is 49.6 Å². The highest BCUT2D eigenvalue weighted by atomic mass is 35.5. The summed E-state index contributed by atoms with van der Waals surface area (Å²) in [5.74, 6) is 0. The lowest BCUT2D eigenvalue weighted by molar-refractivity contribution is 0.602. The van der Waals surface area contributed by atoms with Gasteiger partial charge in [-0.1, -0.05) is 32.4 Å². The summed E-state index contributed by atoms with van der Waals surface area (Å²) in [5, 5.41) is 10.0. The average Bonchev–Trinajstić information content (AvgIpc) is 2.80. The number of halogens is 1. The zero-order valence-electron chi connectivity index (χ0n) is 10.8. The number of nitrogens with zero attached hydrogens (tertiary/aromatic N) is 3. The molecule has 0 bridgehead atoms. The van der Waals surface area contributed by atoms with Gasteiger partial charge in [-0.3, -0.25) is 0 Å². The first-order chi connectivity index (χ1) is 8.90. The van der Waals surface area contributed by atoms with E-state index in [1.807, 2.05) is 12.3 Å². The molecule has 2 aromatic heterocycles. The molecule has 98 valence electrons. The van der Waals surface area contributed by atoms with Crippen LogP contribution in [0.15, 0.2) is 27.7 Å². The van der Waals surface area contributed by atoms with Crippen LogP contribution in [0.1, 0.15) is 31.3 Å². The second kappa shape index (κ2) is 5.49. The van der Waals surface area contributed by atoms with Gasteiger partial charge in [0.15, 0.2) is 10.0 Å². The van der Waals surface area contributed by atoms with Crippen LogP contribution in [-0.4, -0.2) is 9.97 Å². The maximum Gasteiger partial charge on any atom is 0.160 e. The summed E-state index contributed by atoms with van der Waals surface area (Å²) in [6.07, 6.45) is 1.90. The van der Waals surface area contributed by atoms with Crippen molar-refractivity contribution in [3.63, 3.8) is 0 Å². The Balaban J connectivity index is 2.22. The summed E-state index contributed by atoms with van der Waals surface area (Å²) in [6, 6.07) is 5.46. The molecule has 0 atom stereocenters. The molecule has 0 aliphatic heterocycles. The lowest BCUT2D eigenvalue weighted by Crippen LogP contribution is -2.07. The minimum absolute atomic E-state index is 0.0989. The summed E-state index contributed by atoms with van der Waals surface area (Å²) in [4.78, 5) is 9.80. The van der Waals surface area contributed by atoms with Crippen molar-refractivity contribution in [2.75, 3.05) is 0 Å². The molecule has 0 radical (unpaired) electrons. The van der Waals surface area contributed by atoms with Gasteiger partial charge in [0.2, 0.25) is 0 Å². The van der Waals surface area contributed by atoms with Crippen molar-refractivity contribution in [2.24, 2.45) is 0 Å². The minimum atomic E-state index is 0.0989. The molecule has 0 N–H and O–H groups in total. The Morgan fingerprint density at radius 2 is 2.11 bits per heavy atom. The maximum absolute atomic E-state index is 8.90. The molecule has 19 heavy (non-hydrogen) atoms. The predicted molar refractivity (Wildman–Crippen MR) is 78.9 cm³/mol. The molecule has 0 unspecified atom stereocenters. The number of thiazole rings is 1. The molecule has 0 fully saturated rings. The van der Waals surface area contributed by atoms with Crippen LogP contribution < -0.4 is 0 Å². The van der Waals surface area contributed by atoms with E-state index < -0.39 is 0 Å². The van der Waals surface area contributed by atoms with Gasteiger partial charge in [0, 0.05) is 11.1 Å². The van der Waals surface area contributed by atoms with Gasteiger partial charge in [0.1, 0.15) is 11.1 Å². The van der Waals surface area contributed by atoms with Gasteiger partial charge in [-0.05, 0) is 29.3 Å². The molecule has 6 heteroatoms. The predicted octanol–water partition coefficient (Wildman–Crippen LogP) is 4.51. The van der Waals surface area contributed by atoms with Crippen molar-refractivity contribution in [3.05, 3.63) is 33.9 Å². The highest BCUT2D eigenvalue weighted by Gasteiger charge is 2.17. The van der Waals surface area contributed by atoms with Gasteiger partial charge in [0.25, 0.3) is 0 Å². The first-order valence-corrected chi connectivity index (χ1v) is 7.62. The van der Waals surface area contributed by atoms with Crippen LogP contribution in [0, 0.1) is 11.3 Å². The lowest BCUT2D eigenvalue weighted by atomic mass is 9.96. The van der Waals surface area contributed by atoms with Gasteiger partial charge in [-0.2, -0.15) is 5.26 Å². The largest absolute Gasteiger partial charge is 0.237 e. The van der Waals surface area contributed by atoms with Gasteiger partial charge in [-0.15, -0.1) is 11.3 Å². The van der Waals surface area contributed by atoms with E-state index in [0.29, 0.717) is 5.02 Å². The molecule has 0 saturated heterocycles. The fourth-order valence-electron chi connectivity index (χ4n) is 1.30. The Morgan fingerprint density at radius 3 is 2.68 bits per heavy atom. The monoisotopic (exact) mass is 309 g/mol. The van der Waals surface area contributed by atoms with Crippen LogP contribution in [0.3, 0.4) is 0 Å². The highest BCUT2D eigenvalue weighted by molar-refractivity contribution is 8.01. The number of aromatic nitrogens is 2. The number of rotatable bonds is 2. The summed E-state index contributed by atoms with van der Waals surface area (Å²) >= 11 is 8.95. The van der Waals surface area contributed by atoms with Crippen molar-refractivity contribution in [1.82, 2.24) is 9.97 Å². The molecule has 0 spiro atoms. The lowest BCUT2D eigenvalue weighted by Gasteiger charge is -2.14. The molecular formula is C13H12ClN3S2. The Morgan fingerprint density at radius 1 is 1.37 bits per heavy atom. The molecule has 2 aromatic rings. The van der Waals surface area contributed by atoms with E-state index in [2.05, 4.69) is 30.7 Å². The number of hydrogen-bond acceptors (Lipinski definition) is 5. The van der Waals surface area contributed by atoms with E-state index in [0.717, 1.165) is 9.37 Å². The molecule has 0 aromatic carbocycles. The fourth-order valence-corrected chi connectivity index (χ4v) is 3.40. The molecule has 2 rings (SSSR count). The van der Waals surface area contributed by atoms with E-state index in [1.165, 1.54) is 16.6 Å². The van der Waals surface area contributed by atoms with Crippen molar-refractivity contribution >= 4 is 34.7 Å². The first-order valence-electron chi connectivity index (χ1n) is 5.61. The summed E-state index contributed by atoms with van der Waals surface area (Å²) in [5.41, 5.74) is 0.348. The first kappa shape index (κ1) is 14.3. The van der Waals surface area contributed by atoms with E-state index in [4.69, 9.17) is 16.9 Å². The maximum atomic E-state index is 8.90. The molecule has 0 aliphatic rings. The Labute approximate surface area is 125 Å². The normalized spacial score (nSPS) is 11.3. The van der Waals surface area contributed by atoms with Crippen LogP contribution in [-0.2, 0) is 5.41 Å². The fraction of sp³-hybridized carbons (Fsp3) is 0.308. The van der Waals surface area contributed by atoms with Crippen molar-refractivity contribution < 1.29 is 0 Å². The zero-order chi connectivity index (χ0) is 14.0. The Bertz CT molecular complexity index is 638. The van der Waals surface area contributed by atoms with Gasteiger partial charge < -0.3 is 0 Å². The quantitative estimate of drug-likeness (QED) is 0.819. The van der Waals surface area contributed by atoms with Crippen LogP contribution >= 0.6 is 34.7 Å². The third kappa shape index (κ3) is 3.47. The second-order valence-electron chi connectivity index (χ2n) is 4.93. The molecule has 0 aliphatic carbocycles. The molecular weight excluding hydrogens is 298 g/mol. The smallest absolute Gasteiger partial charge is 0.160 e. The summed E-state index contributed by atoms with van der Waals surface area (Å²) in [6.45, 7) is 6.47. The molecule has 3 nitrogen and oxygen atoms in total. The SMILES string of the molecule is CC(C)(C)c1cnc(Sc2ccc(Cl)c(C#N)n2)s1. The minimum Gasteiger partial charge on any atom is -0.237 e. The third-order valence-corrected chi connectivity index (χ3v) is 5.08. The molecule has 2 heterocycles. The average molecular weight is 310 g/mol. The highest BCUT2D eigenvalue weighted by Crippen LogP contribution is 2.35. The second-order valence-corrected chi connectivity index (χ2v) is 7.64. The molecule has 0 amide bonds. The van der Waals surface area contributed by atoms with E-state index in [9.17, 15) is 0 Å². The van der Waals surface area contributed by atoms with Crippen molar-refractivity contribution in [1.29, 1.82) is 5.26 Å². The summed E-state index contributed by atoms with van der Waals surface area (Å²) in [7, 11) is 0. The number of hydrogen-bond donors (Lipinski definition) is 0. The Kier molecular flexibility index (Phi) is 4.14. The van der Waals surface area contributed by atoms with Crippen LogP contribution in [0.5, 0.6) is 0 Å². The van der Waals surface area contributed by atoms with E-state index >= 15 is 0 Å². The van der Waals surface area contributed by atoms with Crippen LogP contribution in [0.4, 0.5) is 0 Å². The van der Waals surface area contributed by atoms with Gasteiger partial charge in [0.05, 0.1) is 5.02 Å². The van der Waals surface area contributed by atoms with Crippen molar-refractivity contribution in [2.45, 2.75) is 35.6 Å². The van der Waals surface area contributed by atoms with Crippen LogP contribution in [0.25, 0.3) is 0 Å². The van der Waals surface area contributed by atoms with E-state index in [1.54, 1.807) is 23.5 Å². The van der Waals surface area contributed by atoms with Gasteiger partial charge >= 0.3 is 0 Å². The Hall–Kier alpha value is -1.09. The zero-order valence-corrected chi connectivity index (χ0v) is 13.2. The van der Waals surface area contributed by atoms with Gasteiger partial charge in [-0.25, -0.2) is 9.97 Å². The van der Waals surface area contributed by atoms with Crippen LogP contribution in [0.2, 0.25) is 5.02 Å². The standard InChI is InChI=1S/C13H12ClN3S2/c1-13(2,3)10-7-16-12(18-10)19-11-5-4-8(14)9(6-15)17-11/h4-5,7H,1-3H3. The number of nitriles is 1. The third-order valence-electron chi connectivity index (χ3n) is 2.34. The summed E-state index contributed by atoms with van der Waals surface area (Å²) < 4.78 is 0.920. The number of pyridine rings is 1. The van der Waals surface area contributed by atoms with Crippen molar-refractivity contribution in [3.8, 4) is 6.07 Å². The molecule has 0 saturated carbocycles. The van der Waals surface area contributed by atoms with E-state index in [-0.39, 0.29) is 11.1 Å².